The Bertz CT molecular complexity index is 421. The SMILES string of the molecule is NC(=O)C(O)C(O)c1cc(F)cc(C=O)c1. The summed E-state index contributed by atoms with van der Waals surface area (Å²) >= 11 is 0. The molecule has 0 heterocycles. The fourth-order valence-corrected chi connectivity index (χ4v) is 1.21. The lowest BCUT2D eigenvalue weighted by Crippen LogP contribution is -2.33. The summed E-state index contributed by atoms with van der Waals surface area (Å²) < 4.78 is 13.0. The second-order valence-corrected chi connectivity index (χ2v) is 3.23. The van der Waals surface area contributed by atoms with Gasteiger partial charge in [0.25, 0.3) is 0 Å². The first-order valence-electron chi connectivity index (χ1n) is 4.37. The molecule has 0 saturated carbocycles. The van der Waals surface area contributed by atoms with Crippen LogP contribution in [0.1, 0.15) is 22.0 Å². The minimum Gasteiger partial charge on any atom is -0.385 e. The van der Waals surface area contributed by atoms with Crippen LogP contribution in [0.3, 0.4) is 0 Å². The molecule has 1 aromatic carbocycles. The van der Waals surface area contributed by atoms with Crippen LogP contribution in [-0.2, 0) is 4.79 Å². The molecule has 0 aliphatic carbocycles. The average Bonchev–Trinajstić information content (AvgIpc) is 2.25. The van der Waals surface area contributed by atoms with E-state index in [1.165, 1.54) is 0 Å². The molecule has 2 atom stereocenters. The molecule has 1 amide bonds. The molecule has 0 fully saturated rings. The summed E-state index contributed by atoms with van der Waals surface area (Å²) in [5, 5.41) is 18.6. The Kier molecular flexibility index (Phi) is 3.70. The number of carbonyl (C=O) groups excluding carboxylic acids is 2. The van der Waals surface area contributed by atoms with E-state index in [-0.39, 0.29) is 11.1 Å². The average molecular weight is 227 g/mol. The van der Waals surface area contributed by atoms with Gasteiger partial charge in [0, 0.05) is 5.56 Å². The van der Waals surface area contributed by atoms with E-state index < -0.39 is 23.9 Å². The number of aliphatic hydroxyl groups excluding tert-OH is 2. The van der Waals surface area contributed by atoms with Crippen LogP contribution < -0.4 is 5.73 Å². The number of primary amides is 1. The van der Waals surface area contributed by atoms with Crippen molar-refractivity contribution in [3.8, 4) is 0 Å². The summed E-state index contributed by atoms with van der Waals surface area (Å²) in [6, 6.07) is 3.02. The highest BCUT2D eigenvalue weighted by Gasteiger charge is 2.24. The van der Waals surface area contributed by atoms with Crippen LogP contribution in [-0.4, -0.2) is 28.5 Å². The second kappa shape index (κ2) is 4.82. The first-order chi connectivity index (χ1) is 7.45. The largest absolute Gasteiger partial charge is 0.385 e. The number of hydrogen-bond acceptors (Lipinski definition) is 4. The van der Waals surface area contributed by atoms with Gasteiger partial charge in [-0.15, -0.1) is 0 Å². The normalized spacial score (nSPS) is 14.2. The highest BCUT2D eigenvalue weighted by molar-refractivity contribution is 5.80. The monoisotopic (exact) mass is 227 g/mol. The molecule has 0 bridgehead atoms. The Morgan fingerprint density at radius 2 is 2.00 bits per heavy atom. The summed E-state index contributed by atoms with van der Waals surface area (Å²) in [6.45, 7) is 0. The van der Waals surface area contributed by atoms with Crippen LogP contribution >= 0.6 is 0 Å². The standard InChI is InChI=1S/C10H10FNO4/c11-7-2-5(4-13)1-6(3-7)8(14)9(15)10(12)16/h1-4,8-9,14-15H,(H2,12,16). The van der Waals surface area contributed by atoms with Crippen molar-refractivity contribution >= 4 is 12.2 Å². The van der Waals surface area contributed by atoms with E-state index in [0.29, 0.717) is 6.29 Å². The predicted molar refractivity (Wildman–Crippen MR) is 51.9 cm³/mol. The Labute approximate surface area is 90.3 Å². The minimum atomic E-state index is -1.85. The smallest absolute Gasteiger partial charge is 0.249 e. The van der Waals surface area contributed by atoms with Crippen molar-refractivity contribution < 1.29 is 24.2 Å². The molecule has 0 saturated heterocycles. The summed E-state index contributed by atoms with van der Waals surface area (Å²) in [5.74, 6) is -1.89. The van der Waals surface area contributed by atoms with Gasteiger partial charge in [-0.2, -0.15) is 0 Å². The van der Waals surface area contributed by atoms with E-state index >= 15 is 0 Å². The van der Waals surface area contributed by atoms with Gasteiger partial charge in [0.15, 0.2) is 6.10 Å². The maximum atomic E-state index is 13.0. The van der Waals surface area contributed by atoms with Gasteiger partial charge in [0.05, 0.1) is 0 Å². The third kappa shape index (κ3) is 2.62. The molecule has 2 unspecified atom stereocenters. The molecule has 0 spiro atoms. The molecule has 0 aliphatic rings. The van der Waals surface area contributed by atoms with Crippen molar-refractivity contribution in [2.45, 2.75) is 12.2 Å². The van der Waals surface area contributed by atoms with Crippen molar-refractivity contribution in [2.24, 2.45) is 5.73 Å². The van der Waals surface area contributed by atoms with E-state index in [0.717, 1.165) is 18.2 Å². The van der Waals surface area contributed by atoms with E-state index in [1.54, 1.807) is 0 Å². The van der Waals surface area contributed by atoms with Gasteiger partial charge in [-0.05, 0) is 23.8 Å². The topological polar surface area (TPSA) is 101 Å². The molecule has 86 valence electrons. The molecule has 0 aromatic heterocycles. The zero-order valence-electron chi connectivity index (χ0n) is 8.13. The van der Waals surface area contributed by atoms with E-state index in [1.807, 2.05) is 0 Å². The maximum absolute atomic E-state index is 13.0. The molecule has 6 heteroatoms. The number of aliphatic hydroxyl groups is 2. The van der Waals surface area contributed by atoms with Crippen molar-refractivity contribution in [1.29, 1.82) is 0 Å². The first kappa shape index (κ1) is 12.3. The van der Waals surface area contributed by atoms with Gasteiger partial charge in [-0.1, -0.05) is 0 Å². The van der Waals surface area contributed by atoms with E-state index in [2.05, 4.69) is 0 Å². The number of nitrogens with two attached hydrogens (primary N) is 1. The molecule has 0 aliphatic heterocycles. The van der Waals surface area contributed by atoms with Crippen molar-refractivity contribution in [3.05, 3.63) is 35.1 Å². The Morgan fingerprint density at radius 1 is 1.38 bits per heavy atom. The number of benzene rings is 1. The first-order valence-corrected chi connectivity index (χ1v) is 4.37. The van der Waals surface area contributed by atoms with Gasteiger partial charge >= 0.3 is 0 Å². The van der Waals surface area contributed by atoms with Crippen molar-refractivity contribution in [3.63, 3.8) is 0 Å². The molecule has 1 aromatic rings. The Hall–Kier alpha value is -1.79. The predicted octanol–water partition coefficient (Wildman–Crippen LogP) is -0.482. The van der Waals surface area contributed by atoms with Crippen LogP contribution in [0.5, 0.6) is 0 Å². The van der Waals surface area contributed by atoms with Crippen molar-refractivity contribution in [2.75, 3.05) is 0 Å². The van der Waals surface area contributed by atoms with Gasteiger partial charge in [0.1, 0.15) is 18.2 Å². The zero-order valence-corrected chi connectivity index (χ0v) is 8.13. The van der Waals surface area contributed by atoms with Crippen LogP contribution in [0.25, 0.3) is 0 Å². The Balaban J connectivity index is 3.07. The molecular formula is C10H10FNO4. The van der Waals surface area contributed by atoms with E-state index in [4.69, 9.17) is 10.8 Å². The molecule has 16 heavy (non-hydrogen) atoms. The molecule has 0 radical (unpaired) electrons. The third-order valence-electron chi connectivity index (χ3n) is 2.01. The van der Waals surface area contributed by atoms with Crippen LogP contribution in [0.4, 0.5) is 4.39 Å². The van der Waals surface area contributed by atoms with Gasteiger partial charge in [-0.3, -0.25) is 9.59 Å². The highest BCUT2D eigenvalue weighted by atomic mass is 19.1. The lowest BCUT2D eigenvalue weighted by molar-refractivity contribution is -0.131. The number of aldehydes is 1. The van der Waals surface area contributed by atoms with Crippen LogP contribution in [0.2, 0.25) is 0 Å². The number of halogens is 1. The van der Waals surface area contributed by atoms with Gasteiger partial charge in [0.2, 0.25) is 5.91 Å². The number of hydrogen-bond donors (Lipinski definition) is 3. The highest BCUT2D eigenvalue weighted by Crippen LogP contribution is 2.19. The van der Waals surface area contributed by atoms with Gasteiger partial charge < -0.3 is 15.9 Å². The van der Waals surface area contributed by atoms with Crippen LogP contribution in [0, 0.1) is 5.82 Å². The molecule has 4 N–H and O–H groups in total. The zero-order chi connectivity index (χ0) is 12.3. The lowest BCUT2D eigenvalue weighted by atomic mass is 10.0. The Morgan fingerprint density at radius 3 is 2.50 bits per heavy atom. The fourth-order valence-electron chi connectivity index (χ4n) is 1.21. The number of amides is 1. The minimum absolute atomic E-state index is 0.00859. The quantitative estimate of drug-likeness (QED) is 0.604. The molecule has 1 rings (SSSR count). The summed E-state index contributed by atoms with van der Waals surface area (Å²) in [4.78, 5) is 21.0. The second-order valence-electron chi connectivity index (χ2n) is 3.23. The summed E-state index contributed by atoms with van der Waals surface area (Å²) in [7, 11) is 0. The van der Waals surface area contributed by atoms with Crippen molar-refractivity contribution in [1.82, 2.24) is 0 Å². The van der Waals surface area contributed by atoms with Crippen LogP contribution in [0.15, 0.2) is 18.2 Å². The third-order valence-corrected chi connectivity index (χ3v) is 2.01. The maximum Gasteiger partial charge on any atom is 0.249 e. The van der Waals surface area contributed by atoms with Gasteiger partial charge in [-0.25, -0.2) is 4.39 Å². The summed E-state index contributed by atoms with van der Waals surface area (Å²) in [5.41, 5.74) is 4.67. The number of carbonyl (C=O) groups is 2. The summed E-state index contributed by atoms with van der Waals surface area (Å²) in [6.07, 6.45) is -3.12. The van der Waals surface area contributed by atoms with E-state index in [9.17, 15) is 19.1 Å². The lowest BCUT2D eigenvalue weighted by Gasteiger charge is -2.15. The molecule has 5 nitrogen and oxygen atoms in total. The number of rotatable bonds is 4. The fraction of sp³-hybridized carbons (Fsp3) is 0.200. The molecular weight excluding hydrogens is 217 g/mol.